The highest BCUT2D eigenvalue weighted by Crippen LogP contribution is 2.17. The number of carbonyl (C=O) groups is 2. The van der Waals surface area contributed by atoms with Crippen molar-refractivity contribution in [2.24, 2.45) is 4.99 Å². The average molecular weight is 161 g/mol. The van der Waals surface area contributed by atoms with Crippen LogP contribution in [0.2, 0.25) is 0 Å². The van der Waals surface area contributed by atoms with Crippen molar-refractivity contribution in [3.8, 4) is 0 Å². The zero-order valence-corrected chi connectivity index (χ0v) is 6.36. The van der Waals surface area contributed by atoms with Gasteiger partial charge in [-0.15, -0.1) is 0 Å². The highest BCUT2D eigenvalue weighted by molar-refractivity contribution is 6.34. The lowest BCUT2D eigenvalue weighted by Gasteiger charge is -1.97. The van der Waals surface area contributed by atoms with Crippen molar-refractivity contribution in [2.75, 3.05) is 0 Å². The van der Waals surface area contributed by atoms with Gasteiger partial charge in [0, 0.05) is 0 Å². The first kappa shape index (κ1) is 8.33. The molecule has 0 spiro atoms. The van der Waals surface area contributed by atoms with E-state index in [1.807, 2.05) is 0 Å². The summed E-state index contributed by atoms with van der Waals surface area (Å²) in [7, 11) is 0. The zero-order valence-electron chi connectivity index (χ0n) is 6.36. The van der Waals surface area contributed by atoms with Gasteiger partial charge in [-0.3, -0.25) is 14.6 Å². The fourth-order valence-electron chi connectivity index (χ4n) is 0.883. The number of ketones is 1. The maximum atomic E-state index is 10.9. The van der Waals surface area contributed by atoms with E-state index >= 15 is 0 Å². The van der Waals surface area contributed by atoms with Crippen molar-refractivity contribution < 1.29 is 9.59 Å². The van der Waals surface area contributed by atoms with Crippen molar-refractivity contribution in [2.45, 2.75) is 0 Å². The van der Waals surface area contributed by atoms with E-state index in [0.717, 1.165) is 0 Å². The largest absolute Gasteiger partial charge is 0.294 e. The van der Waals surface area contributed by atoms with Crippen LogP contribution < -0.4 is 0 Å². The quantitative estimate of drug-likeness (QED) is 0.291. The molecule has 0 N–H and O–H groups in total. The second kappa shape index (κ2) is 3.57. The minimum absolute atomic E-state index is 0.268. The molecule has 0 aromatic heterocycles. The number of nitrogens with zero attached hydrogens (tertiary/aromatic N) is 1. The summed E-state index contributed by atoms with van der Waals surface area (Å²) in [6, 6.07) is 6.57. The summed E-state index contributed by atoms with van der Waals surface area (Å²) >= 11 is 0. The molecular formula is C9H7NO2. The van der Waals surface area contributed by atoms with Crippen molar-refractivity contribution in [1.82, 2.24) is 0 Å². The topological polar surface area (TPSA) is 46.5 Å². The molecule has 1 aromatic carbocycles. The predicted molar refractivity (Wildman–Crippen MR) is 46.0 cm³/mol. The highest BCUT2D eigenvalue weighted by atomic mass is 16.2. The lowest BCUT2D eigenvalue weighted by Crippen LogP contribution is -1.99. The first-order valence-electron chi connectivity index (χ1n) is 3.35. The summed E-state index contributed by atoms with van der Waals surface area (Å²) in [4.78, 5) is 24.7. The van der Waals surface area contributed by atoms with Crippen LogP contribution in [0, 0.1) is 0 Å². The zero-order chi connectivity index (χ0) is 8.97. The second-order valence-corrected chi connectivity index (χ2v) is 2.16. The standard InChI is InChI=1S/C9H7NO2/c1-10-8-5-3-2-4-7(8)9(12)6-11/h2-6H,1H2. The first-order chi connectivity index (χ1) is 5.79. The Labute approximate surface area is 69.7 Å². The Morgan fingerprint density at radius 1 is 1.42 bits per heavy atom. The summed E-state index contributed by atoms with van der Waals surface area (Å²) in [6.45, 7) is 3.29. The third-order valence-corrected chi connectivity index (χ3v) is 1.45. The van der Waals surface area contributed by atoms with Crippen LogP contribution in [0.15, 0.2) is 29.3 Å². The Morgan fingerprint density at radius 3 is 2.67 bits per heavy atom. The van der Waals surface area contributed by atoms with Crippen LogP contribution in [0.4, 0.5) is 5.69 Å². The van der Waals surface area contributed by atoms with Crippen molar-refractivity contribution in [3.05, 3.63) is 29.8 Å². The number of carbonyl (C=O) groups excluding carboxylic acids is 2. The molecule has 0 atom stereocenters. The Bertz CT molecular complexity index is 331. The number of aldehydes is 1. The molecule has 12 heavy (non-hydrogen) atoms. The van der Waals surface area contributed by atoms with Gasteiger partial charge in [0.15, 0.2) is 6.29 Å². The minimum Gasteiger partial charge on any atom is -0.294 e. The molecule has 3 heteroatoms. The lowest BCUT2D eigenvalue weighted by molar-refractivity contribution is -0.104. The van der Waals surface area contributed by atoms with E-state index in [0.29, 0.717) is 11.3 Å². The average Bonchev–Trinajstić information content (AvgIpc) is 2.16. The molecular weight excluding hydrogens is 154 g/mol. The summed E-state index contributed by atoms with van der Waals surface area (Å²) in [5.74, 6) is -0.571. The molecule has 0 saturated heterocycles. The summed E-state index contributed by atoms with van der Waals surface area (Å²) in [6.07, 6.45) is 0.268. The molecule has 3 nitrogen and oxygen atoms in total. The van der Waals surface area contributed by atoms with Crippen LogP contribution in [0.3, 0.4) is 0 Å². The summed E-state index contributed by atoms with van der Waals surface area (Å²) in [5.41, 5.74) is 0.733. The normalized spacial score (nSPS) is 9.00. The Balaban J connectivity index is 3.21. The third kappa shape index (κ3) is 1.45. The molecule has 0 unspecified atom stereocenters. The Kier molecular flexibility index (Phi) is 2.48. The van der Waals surface area contributed by atoms with E-state index in [1.54, 1.807) is 24.3 Å². The fraction of sp³-hybridized carbons (Fsp3) is 0. The number of rotatable bonds is 3. The predicted octanol–water partition coefficient (Wildman–Crippen LogP) is 1.40. The summed E-state index contributed by atoms with van der Waals surface area (Å²) in [5, 5.41) is 0. The van der Waals surface area contributed by atoms with E-state index in [-0.39, 0.29) is 6.29 Å². The molecule has 1 aromatic rings. The van der Waals surface area contributed by atoms with Gasteiger partial charge in [0.1, 0.15) is 0 Å². The number of Topliss-reactive ketones (excluding diaryl/α,β-unsaturated/α-hetero) is 1. The van der Waals surface area contributed by atoms with Crippen LogP contribution in [-0.4, -0.2) is 18.8 Å². The van der Waals surface area contributed by atoms with Gasteiger partial charge in [-0.05, 0) is 18.9 Å². The first-order valence-corrected chi connectivity index (χ1v) is 3.35. The molecule has 0 fully saturated rings. The van der Waals surface area contributed by atoms with Crippen molar-refractivity contribution >= 4 is 24.5 Å². The minimum atomic E-state index is -0.571. The van der Waals surface area contributed by atoms with E-state index in [2.05, 4.69) is 11.7 Å². The monoisotopic (exact) mass is 161 g/mol. The van der Waals surface area contributed by atoms with E-state index < -0.39 is 5.78 Å². The van der Waals surface area contributed by atoms with Gasteiger partial charge in [-0.1, -0.05) is 12.1 Å². The van der Waals surface area contributed by atoms with Gasteiger partial charge < -0.3 is 0 Å². The number of hydrogen-bond acceptors (Lipinski definition) is 3. The van der Waals surface area contributed by atoms with E-state index in [9.17, 15) is 9.59 Å². The van der Waals surface area contributed by atoms with Crippen LogP contribution in [0.5, 0.6) is 0 Å². The van der Waals surface area contributed by atoms with Gasteiger partial charge in [0.05, 0.1) is 11.3 Å². The molecule has 0 aliphatic heterocycles. The molecule has 60 valence electrons. The van der Waals surface area contributed by atoms with Crippen LogP contribution >= 0.6 is 0 Å². The van der Waals surface area contributed by atoms with Crippen molar-refractivity contribution in [1.29, 1.82) is 0 Å². The fourth-order valence-corrected chi connectivity index (χ4v) is 0.883. The van der Waals surface area contributed by atoms with E-state index in [1.165, 1.54) is 0 Å². The van der Waals surface area contributed by atoms with Gasteiger partial charge in [0.25, 0.3) is 0 Å². The number of benzene rings is 1. The molecule has 0 aliphatic rings. The Morgan fingerprint density at radius 2 is 2.08 bits per heavy atom. The number of hydrogen-bond donors (Lipinski definition) is 0. The molecule has 0 heterocycles. The smallest absolute Gasteiger partial charge is 0.227 e. The van der Waals surface area contributed by atoms with Gasteiger partial charge >= 0.3 is 0 Å². The molecule has 0 amide bonds. The maximum absolute atomic E-state index is 10.9. The van der Waals surface area contributed by atoms with E-state index in [4.69, 9.17) is 0 Å². The van der Waals surface area contributed by atoms with Gasteiger partial charge in [-0.2, -0.15) is 0 Å². The maximum Gasteiger partial charge on any atom is 0.227 e. The van der Waals surface area contributed by atoms with Crippen LogP contribution in [0.25, 0.3) is 0 Å². The number of para-hydroxylation sites is 1. The molecule has 0 bridgehead atoms. The van der Waals surface area contributed by atoms with Crippen LogP contribution in [-0.2, 0) is 4.79 Å². The lowest BCUT2D eigenvalue weighted by atomic mass is 10.1. The van der Waals surface area contributed by atoms with Crippen LogP contribution in [0.1, 0.15) is 10.4 Å². The molecule has 0 aliphatic carbocycles. The van der Waals surface area contributed by atoms with Gasteiger partial charge in [-0.25, -0.2) is 0 Å². The number of aliphatic imine (C=N–C) groups is 1. The van der Waals surface area contributed by atoms with Gasteiger partial charge in [0.2, 0.25) is 5.78 Å². The SMILES string of the molecule is C=Nc1ccccc1C(=O)C=O. The summed E-state index contributed by atoms with van der Waals surface area (Å²) < 4.78 is 0. The highest BCUT2D eigenvalue weighted by Gasteiger charge is 2.07. The third-order valence-electron chi connectivity index (χ3n) is 1.45. The molecule has 0 radical (unpaired) electrons. The Hall–Kier alpha value is -1.77. The van der Waals surface area contributed by atoms with Crippen molar-refractivity contribution in [3.63, 3.8) is 0 Å². The molecule has 0 saturated carbocycles. The molecule has 1 rings (SSSR count). The second-order valence-electron chi connectivity index (χ2n) is 2.16.